The predicted molar refractivity (Wildman–Crippen MR) is 89.7 cm³/mol. The summed E-state index contributed by atoms with van der Waals surface area (Å²) in [7, 11) is 0. The normalized spacial score (nSPS) is 59.1. The molecule has 0 heterocycles. The second-order valence-electron chi connectivity index (χ2n) is 9.75. The fourth-order valence-corrected chi connectivity index (χ4v) is 7.56. The van der Waals surface area contributed by atoms with E-state index in [-0.39, 0.29) is 30.1 Å². The number of fused-ring (bicyclic) bond motifs is 5. The lowest BCUT2D eigenvalue weighted by molar-refractivity contribution is -0.134. The molecule has 0 radical (unpaired) electrons. The van der Waals surface area contributed by atoms with Crippen LogP contribution in [-0.2, 0) is 0 Å². The van der Waals surface area contributed by atoms with Crippen LogP contribution in [0.1, 0.15) is 65.2 Å². The van der Waals surface area contributed by atoms with Crippen LogP contribution in [0.25, 0.3) is 0 Å². The molecule has 132 valence electrons. The number of hydrogen-bond acceptors (Lipinski definition) is 3. The van der Waals surface area contributed by atoms with E-state index < -0.39 is 0 Å². The van der Waals surface area contributed by atoms with Gasteiger partial charge in [0.05, 0.1) is 12.2 Å². The number of hydrogen-bond donors (Lipinski definition) is 3. The van der Waals surface area contributed by atoms with Crippen molar-refractivity contribution in [1.29, 1.82) is 0 Å². The molecule has 3 nitrogen and oxygen atoms in total. The first-order valence-corrected chi connectivity index (χ1v) is 9.87. The Morgan fingerprint density at radius 3 is 2.35 bits per heavy atom. The Hall–Kier alpha value is -0.120. The van der Waals surface area contributed by atoms with E-state index in [2.05, 4.69) is 13.8 Å². The van der Waals surface area contributed by atoms with Gasteiger partial charge >= 0.3 is 0 Å². The summed E-state index contributed by atoms with van der Waals surface area (Å²) >= 11 is 0. The average molecular weight is 322 g/mol. The van der Waals surface area contributed by atoms with Gasteiger partial charge in [0.15, 0.2) is 0 Å². The van der Waals surface area contributed by atoms with Crippen LogP contribution >= 0.6 is 0 Å². The van der Waals surface area contributed by atoms with E-state index >= 15 is 0 Å². The van der Waals surface area contributed by atoms with Crippen molar-refractivity contribution in [3.8, 4) is 0 Å². The summed E-state index contributed by atoms with van der Waals surface area (Å²) < 4.78 is 0. The molecule has 4 aliphatic rings. The second kappa shape index (κ2) is 5.44. The van der Waals surface area contributed by atoms with Crippen LogP contribution in [-0.4, -0.2) is 34.1 Å². The lowest BCUT2D eigenvalue weighted by atomic mass is 9.45. The molecule has 0 spiro atoms. The number of aliphatic hydroxyl groups excluding tert-OH is 3. The van der Waals surface area contributed by atoms with Crippen molar-refractivity contribution in [3.05, 3.63) is 0 Å². The highest BCUT2D eigenvalue weighted by molar-refractivity contribution is 5.11. The molecule has 3 heteroatoms. The molecule has 3 N–H and O–H groups in total. The van der Waals surface area contributed by atoms with Gasteiger partial charge in [-0.15, -0.1) is 0 Å². The summed E-state index contributed by atoms with van der Waals surface area (Å²) in [5, 5.41) is 30.5. The molecular weight excluding hydrogens is 288 g/mol. The average Bonchev–Trinajstić information content (AvgIpc) is 2.79. The molecule has 0 aromatic carbocycles. The molecule has 9 atom stereocenters. The molecule has 0 aromatic heterocycles. The van der Waals surface area contributed by atoms with Gasteiger partial charge in [-0.3, -0.25) is 0 Å². The maximum Gasteiger partial charge on any atom is 0.0646 e. The smallest absolute Gasteiger partial charge is 0.0646 e. The highest BCUT2D eigenvalue weighted by atomic mass is 16.3. The number of rotatable bonds is 1. The zero-order valence-corrected chi connectivity index (χ0v) is 14.7. The maximum atomic E-state index is 10.8. The van der Waals surface area contributed by atoms with Gasteiger partial charge in [0.2, 0.25) is 0 Å². The van der Waals surface area contributed by atoms with Crippen molar-refractivity contribution in [2.75, 3.05) is 6.61 Å². The molecule has 0 bridgehead atoms. The van der Waals surface area contributed by atoms with E-state index in [1.54, 1.807) is 0 Å². The van der Waals surface area contributed by atoms with Gasteiger partial charge in [0.1, 0.15) is 0 Å². The minimum Gasteiger partial charge on any atom is -0.396 e. The molecule has 0 amide bonds. The van der Waals surface area contributed by atoms with Crippen molar-refractivity contribution < 1.29 is 15.3 Å². The van der Waals surface area contributed by atoms with Crippen LogP contribution in [0.2, 0.25) is 0 Å². The van der Waals surface area contributed by atoms with Gasteiger partial charge in [0.25, 0.3) is 0 Å². The van der Waals surface area contributed by atoms with Gasteiger partial charge in [-0.1, -0.05) is 13.8 Å². The first-order chi connectivity index (χ1) is 10.9. The fourth-order valence-electron chi connectivity index (χ4n) is 7.56. The van der Waals surface area contributed by atoms with Gasteiger partial charge in [0, 0.05) is 12.5 Å². The Morgan fingerprint density at radius 1 is 0.870 bits per heavy atom. The van der Waals surface area contributed by atoms with Crippen LogP contribution in [0, 0.1) is 40.4 Å². The summed E-state index contributed by atoms with van der Waals surface area (Å²) in [6.45, 7) is 4.92. The second-order valence-corrected chi connectivity index (χ2v) is 9.75. The van der Waals surface area contributed by atoms with Gasteiger partial charge in [-0.05, 0) is 85.9 Å². The Morgan fingerprint density at radius 2 is 1.61 bits per heavy atom. The maximum absolute atomic E-state index is 10.8. The Balaban J connectivity index is 1.62. The summed E-state index contributed by atoms with van der Waals surface area (Å²) in [4.78, 5) is 0. The SMILES string of the molecule is C[C@]12CC[C@@H](O)C[C@@H]1CC[C@@H]1[C@@H]2CC[C@]2(C)[C@@H](O)[C@@H](CO)C[C@@H]12. The van der Waals surface area contributed by atoms with E-state index in [4.69, 9.17) is 0 Å². The van der Waals surface area contributed by atoms with E-state index in [1.807, 2.05) is 0 Å². The third-order valence-corrected chi connectivity index (χ3v) is 8.99. The Kier molecular flexibility index (Phi) is 3.87. The van der Waals surface area contributed by atoms with Gasteiger partial charge < -0.3 is 15.3 Å². The summed E-state index contributed by atoms with van der Waals surface area (Å²) in [5.41, 5.74) is 0.414. The molecule has 4 rings (SSSR count). The summed E-state index contributed by atoms with van der Waals surface area (Å²) in [5.74, 6) is 2.84. The van der Waals surface area contributed by atoms with Crippen molar-refractivity contribution in [2.45, 2.75) is 77.4 Å². The molecule has 4 aliphatic carbocycles. The van der Waals surface area contributed by atoms with Crippen molar-refractivity contribution in [3.63, 3.8) is 0 Å². The summed E-state index contributed by atoms with van der Waals surface area (Å²) in [6.07, 6.45) is 8.63. The summed E-state index contributed by atoms with van der Waals surface area (Å²) in [6, 6.07) is 0. The standard InChI is InChI=1S/C20H34O3/c1-19-7-5-14(22)10-13(19)3-4-15-16(19)6-8-20(2)17(15)9-12(11-21)18(20)23/h12-18,21-23H,3-11H2,1-2H3/t12-,13+,14-,15-,16+,17+,18+,19+,20+/m1/s1. The Labute approximate surface area is 140 Å². The minimum absolute atomic E-state index is 0.0198. The molecular formula is C20H34O3. The molecule has 0 unspecified atom stereocenters. The van der Waals surface area contributed by atoms with Crippen LogP contribution in [0.15, 0.2) is 0 Å². The highest BCUT2D eigenvalue weighted by Crippen LogP contribution is 2.66. The molecule has 0 aliphatic heterocycles. The van der Waals surface area contributed by atoms with E-state index in [0.717, 1.165) is 37.5 Å². The lowest BCUT2D eigenvalue weighted by Gasteiger charge is -2.60. The van der Waals surface area contributed by atoms with Gasteiger partial charge in [-0.25, -0.2) is 0 Å². The predicted octanol–water partition coefficient (Wildman–Crippen LogP) is 2.97. The largest absolute Gasteiger partial charge is 0.396 e. The first-order valence-electron chi connectivity index (χ1n) is 9.87. The van der Waals surface area contributed by atoms with E-state index in [1.165, 1.54) is 25.7 Å². The quantitative estimate of drug-likeness (QED) is 0.695. The molecule has 4 fully saturated rings. The zero-order chi connectivity index (χ0) is 16.4. The molecule has 23 heavy (non-hydrogen) atoms. The number of aliphatic hydroxyl groups is 3. The van der Waals surface area contributed by atoms with Gasteiger partial charge in [-0.2, -0.15) is 0 Å². The molecule has 0 saturated heterocycles. The van der Waals surface area contributed by atoms with Crippen LogP contribution in [0.4, 0.5) is 0 Å². The highest BCUT2D eigenvalue weighted by Gasteiger charge is 2.61. The van der Waals surface area contributed by atoms with Crippen molar-refractivity contribution in [1.82, 2.24) is 0 Å². The first kappa shape index (κ1) is 16.4. The van der Waals surface area contributed by atoms with Crippen LogP contribution in [0.3, 0.4) is 0 Å². The topological polar surface area (TPSA) is 60.7 Å². The third-order valence-electron chi connectivity index (χ3n) is 8.99. The zero-order valence-electron chi connectivity index (χ0n) is 14.7. The Bertz CT molecular complexity index is 466. The van der Waals surface area contributed by atoms with Crippen molar-refractivity contribution in [2.24, 2.45) is 40.4 Å². The monoisotopic (exact) mass is 322 g/mol. The van der Waals surface area contributed by atoms with E-state index in [9.17, 15) is 15.3 Å². The molecule has 0 aromatic rings. The van der Waals surface area contributed by atoms with Crippen molar-refractivity contribution >= 4 is 0 Å². The molecule has 4 saturated carbocycles. The van der Waals surface area contributed by atoms with E-state index in [0.29, 0.717) is 17.3 Å². The third kappa shape index (κ3) is 2.19. The lowest BCUT2D eigenvalue weighted by Crippen LogP contribution is -2.54. The van der Waals surface area contributed by atoms with Crippen LogP contribution < -0.4 is 0 Å². The minimum atomic E-state index is -0.322. The fraction of sp³-hybridized carbons (Fsp3) is 1.00. The van der Waals surface area contributed by atoms with Crippen LogP contribution in [0.5, 0.6) is 0 Å².